The number of hydrogen-bond donors (Lipinski definition) is 5. The van der Waals surface area contributed by atoms with Crippen molar-refractivity contribution in [3.63, 3.8) is 0 Å². The molecule has 0 aromatic rings. The summed E-state index contributed by atoms with van der Waals surface area (Å²) in [6, 6.07) is -2.61. The van der Waals surface area contributed by atoms with E-state index >= 15 is 0 Å². The average Bonchev–Trinajstić information content (AvgIpc) is 3.26. The van der Waals surface area contributed by atoms with E-state index in [1.54, 1.807) is 0 Å². The smallest absolute Gasteiger partial charge is 0.405 e. The molecule has 3 rings (SSSR count). The van der Waals surface area contributed by atoms with E-state index in [2.05, 4.69) is 21.3 Å². The summed E-state index contributed by atoms with van der Waals surface area (Å²) in [6.07, 6.45) is 10.4. The van der Waals surface area contributed by atoms with Crippen LogP contribution >= 0.6 is 0 Å². The number of carboxylic acid groups (broad SMARTS) is 1. The van der Waals surface area contributed by atoms with Crippen LogP contribution in [0.4, 0.5) is 4.79 Å². The lowest BCUT2D eigenvalue weighted by Crippen LogP contribution is -2.57. The van der Waals surface area contributed by atoms with Crippen LogP contribution in [0.5, 0.6) is 0 Å². The minimum atomic E-state index is -1.26. The Kier molecular flexibility index (Phi) is 10.3. The molecule has 2 saturated carbocycles. The zero-order valence-corrected chi connectivity index (χ0v) is 20.4. The zero-order valence-electron chi connectivity index (χ0n) is 20.4. The van der Waals surface area contributed by atoms with Crippen molar-refractivity contribution < 1.29 is 29.1 Å². The van der Waals surface area contributed by atoms with E-state index in [0.29, 0.717) is 25.7 Å². The topological polar surface area (TPSA) is 154 Å². The number of nitrogens with one attached hydrogen (secondary N) is 4. The van der Waals surface area contributed by atoms with Crippen molar-refractivity contribution in [1.29, 1.82) is 0 Å². The molecule has 4 amide bonds. The quantitative estimate of drug-likeness (QED) is 0.278. The highest BCUT2D eigenvalue weighted by Crippen LogP contribution is 2.29. The summed E-state index contributed by atoms with van der Waals surface area (Å²) < 4.78 is 0. The summed E-state index contributed by atoms with van der Waals surface area (Å²) in [5, 5.41) is 20.0. The Morgan fingerprint density at radius 2 is 1.54 bits per heavy atom. The number of amides is 4. The van der Waals surface area contributed by atoms with Gasteiger partial charge in [-0.1, -0.05) is 51.4 Å². The Morgan fingerprint density at radius 1 is 0.886 bits per heavy atom. The number of carbonyl (C=O) groups excluding carboxylic acids is 4. The van der Waals surface area contributed by atoms with Crippen molar-refractivity contribution in [2.75, 3.05) is 6.54 Å². The summed E-state index contributed by atoms with van der Waals surface area (Å²) in [6.45, 7) is 0.558. The molecule has 0 radical (unpaired) electrons. The van der Waals surface area contributed by atoms with E-state index in [-0.39, 0.29) is 30.1 Å². The molecule has 1 heterocycles. The molecule has 0 aromatic heterocycles. The van der Waals surface area contributed by atoms with E-state index in [1.807, 2.05) is 0 Å². The highest BCUT2D eigenvalue weighted by molar-refractivity contribution is 5.92. The molecule has 3 aliphatic rings. The highest BCUT2D eigenvalue weighted by Gasteiger charge is 2.35. The van der Waals surface area contributed by atoms with Crippen molar-refractivity contribution >= 4 is 30.1 Å². The van der Waals surface area contributed by atoms with Gasteiger partial charge in [-0.2, -0.15) is 0 Å². The number of hydrogen-bond acceptors (Lipinski definition) is 5. The largest absolute Gasteiger partial charge is 0.465 e. The molecule has 0 aromatic carbocycles. The predicted octanol–water partition coefficient (Wildman–Crippen LogP) is 1.87. The van der Waals surface area contributed by atoms with E-state index < -0.39 is 36.0 Å². The Bertz CT molecular complexity index is 763. The summed E-state index contributed by atoms with van der Waals surface area (Å²) in [5.74, 6) is -1.23. The second kappa shape index (κ2) is 13.4. The van der Waals surface area contributed by atoms with Crippen LogP contribution in [0.2, 0.25) is 0 Å². The number of rotatable bonds is 11. The van der Waals surface area contributed by atoms with Gasteiger partial charge in [0, 0.05) is 12.5 Å². The molecule has 2 aliphatic carbocycles. The summed E-state index contributed by atoms with van der Waals surface area (Å²) >= 11 is 0. The molecule has 3 unspecified atom stereocenters. The Hall–Kier alpha value is -2.65. The molecule has 5 N–H and O–H groups in total. The second-order valence-electron chi connectivity index (χ2n) is 10.4. The average molecular weight is 493 g/mol. The SMILES string of the molecule is O=CC(C[C@@H]1CCNC1=O)NC(=O)C(CC1CCCCC1)NC(=O)C(NC(=O)O)C1CCCCC1. The van der Waals surface area contributed by atoms with Crippen LogP contribution in [-0.2, 0) is 19.2 Å². The Morgan fingerprint density at radius 3 is 2.11 bits per heavy atom. The zero-order chi connectivity index (χ0) is 25.2. The van der Waals surface area contributed by atoms with Crippen molar-refractivity contribution in [3.05, 3.63) is 0 Å². The van der Waals surface area contributed by atoms with Gasteiger partial charge in [-0.25, -0.2) is 4.79 Å². The first kappa shape index (κ1) is 26.9. The molecule has 0 bridgehead atoms. The third-order valence-corrected chi connectivity index (χ3v) is 7.80. The van der Waals surface area contributed by atoms with E-state index in [0.717, 1.165) is 64.2 Å². The van der Waals surface area contributed by atoms with Gasteiger partial charge in [-0.3, -0.25) is 14.4 Å². The van der Waals surface area contributed by atoms with Gasteiger partial charge < -0.3 is 31.2 Å². The van der Waals surface area contributed by atoms with Gasteiger partial charge in [0.25, 0.3) is 0 Å². The molecule has 3 fully saturated rings. The van der Waals surface area contributed by atoms with Gasteiger partial charge in [-0.15, -0.1) is 0 Å². The monoisotopic (exact) mass is 492 g/mol. The predicted molar refractivity (Wildman–Crippen MR) is 128 cm³/mol. The van der Waals surface area contributed by atoms with Crippen LogP contribution in [0.1, 0.15) is 83.5 Å². The highest BCUT2D eigenvalue weighted by atomic mass is 16.4. The molecule has 35 heavy (non-hydrogen) atoms. The fraction of sp³-hybridized carbons (Fsp3) is 0.800. The molecule has 1 saturated heterocycles. The lowest BCUT2D eigenvalue weighted by molar-refractivity contribution is -0.132. The maximum Gasteiger partial charge on any atom is 0.405 e. The molecule has 10 heteroatoms. The van der Waals surface area contributed by atoms with Gasteiger partial charge in [-0.05, 0) is 43.9 Å². The maximum absolute atomic E-state index is 13.3. The minimum Gasteiger partial charge on any atom is -0.465 e. The van der Waals surface area contributed by atoms with Crippen LogP contribution in [0.3, 0.4) is 0 Å². The molecule has 0 spiro atoms. The van der Waals surface area contributed by atoms with Crippen molar-refractivity contribution in [2.45, 2.75) is 102 Å². The normalized spacial score (nSPS) is 24.0. The maximum atomic E-state index is 13.3. The third kappa shape index (κ3) is 8.21. The van der Waals surface area contributed by atoms with Crippen LogP contribution in [0.15, 0.2) is 0 Å². The van der Waals surface area contributed by atoms with Gasteiger partial charge >= 0.3 is 6.09 Å². The first-order chi connectivity index (χ1) is 16.9. The number of aldehydes is 1. The standard InChI is InChI=1S/C25H40N4O6/c30-15-19(14-18-11-12-26-22(18)31)27-23(32)20(13-16-7-3-1-4-8-16)28-24(33)21(29-25(34)35)17-9-5-2-6-10-17/h15-21,29H,1-14H2,(H,26,31)(H,27,32)(H,28,33)(H,34,35)/t18-,19?,20?,21?/m0/s1. The van der Waals surface area contributed by atoms with Crippen LogP contribution in [0, 0.1) is 17.8 Å². The van der Waals surface area contributed by atoms with Gasteiger partial charge in [0.1, 0.15) is 18.4 Å². The molecule has 196 valence electrons. The fourth-order valence-corrected chi connectivity index (χ4v) is 5.86. The molecular weight excluding hydrogens is 452 g/mol. The van der Waals surface area contributed by atoms with E-state index in [4.69, 9.17) is 0 Å². The summed E-state index contributed by atoms with van der Waals surface area (Å²) in [7, 11) is 0. The molecule has 1 aliphatic heterocycles. The first-order valence-corrected chi connectivity index (χ1v) is 13.2. The lowest BCUT2D eigenvalue weighted by atomic mass is 9.82. The summed E-state index contributed by atoms with van der Waals surface area (Å²) in [5.41, 5.74) is 0. The van der Waals surface area contributed by atoms with Gasteiger partial charge in [0.2, 0.25) is 17.7 Å². The van der Waals surface area contributed by atoms with Crippen LogP contribution in [0.25, 0.3) is 0 Å². The minimum absolute atomic E-state index is 0.109. The van der Waals surface area contributed by atoms with E-state index in [9.17, 15) is 29.1 Å². The van der Waals surface area contributed by atoms with E-state index in [1.165, 1.54) is 0 Å². The van der Waals surface area contributed by atoms with Crippen molar-refractivity contribution in [1.82, 2.24) is 21.3 Å². The second-order valence-corrected chi connectivity index (χ2v) is 10.4. The fourth-order valence-electron chi connectivity index (χ4n) is 5.86. The summed E-state index contributed by atoms with van der Waals surface area (Å²) in [4.78, 5) is 61.6. The third-order valence-electron chi connectivity index (χ3n) is 7.80. The lowest BCUT2D eigenvalue weighted by Gasteiger charge is -2.32. The van der Waals surface area contributed by atoms with Gasteiger partial charge in [0.05, 0.1) is 6.04 Å². The molecule has 4 atom stereocenters. The van der Waals surface area contributed by atoms with Crippen molar-refractivity contribution in [3.8, 4) is 0 Å². The first-order valence-electron chi connectivity index (χ1n) is 13.2. The van der Waals surface area contributed by atoms with Gasteiger partial charge in [0.15, 0.2) is 0 Å². The Balaban J connectivity index is 1.69. The Labute approximate surface area is 206 Å². The van der Waals surface area contributed by atoms with Crippen LogP contribution < -0.4 is 21.3 Å². The number of carbonyl (C=O) groups is 5. The molecule has 10 nitrogen and oxygen atoms in total. The van der Waals surface area contributed by atoms with Crippen molar-refractivity contribution in [2.24, 2.45) is 17.8 Å². The molecular formula is C25H40N4O6. The van der Waals surface area contributed by atoms with Crippen LogP contribution in [-0.4, -0.2) is 59.9 Å².